The fourth-order valence-corrected chi connectivity index (χ4v) is 0.540. The highest BCUT2D eigenvalue weighted by Gasteiger charge is 1.91. The van der Waals surface area contributed by atoms with Crippen molar-refractivity contribution in [2.45, 2.75) is 6.92 Å². The first kappa shape index (κ1) is 7.88. The van der Waals surface area contributed by atoms with Crippen LogP contribution in [0, 0.1) is 0 Å². The Balaban J connectivity index is 3.07. The van der Waals surface area contributed by atoms with Gasteiger partial charge in [-0.15, -0.1) is 0 Å². The van der Waals surface area contributed by atoms with E-state index in [0.29, 0.717) is 0 Å². The van der Waals surface area contributed by atoms with Crippen LogP contribution in [0.25, 0.3) is 0 Å². The van der Waals surface area contributed by atoms with Crippen LogP contribution in [0.15, 0.2) is 0 Å². The van der Waals surface area contributed by atoms with Gasteiger partial charge in [0.25, 0.3) is 0 Å². The van der Waals surface area contributed by atoms with Crippen LogP contribution >= 0.6 is 0 Å². The molecule has 8 heavy (non-hydrogen) atoms. The molecule has 2 N–H and O–H groups in total. The fourth-order valence-electron chi connectivity index (χ4n) is 0.540. The zero-order chi connectivity index (χ0) is 6.41. The number of hydrogen-bond acceptors (Lipinski definition) is 3. The Morgan fingerprint density at radius 2 is 2.00 bits per heavy atom. The molecule has 0 aromatic carbocycles. The quantitative estimate of drug-likeness (QED) is 0.388. The first-order chi connectivity index (χ1) is 3.85. The molecule has 0 aliphatic rings. The van der Waals surface area contributed by atoms with Gasteiger partial charge in [0.1, 0.15) is 0 Å². The fraction of sp³-hybridized carbons (Fsp3) is 1.00. The lowest BCUT2D eigenvalue weighted by molar-refractivity contribution is 0.208. The van der Waals surface area contributed by atoms with Gasteiger partial charge in [-0.2, -0.15) is 0 Å². The molecule has 0 unspecified atom stereocenters. The van der Waals surface area contributed by atoms with Crippen LogP contribution in [-0.4, -0.2) is 32.3 Å². The third kappa shape index (κ3) is 2.96. The molecule has 0 fully saturated rings. The Morgan fingerprint density at radius 1 is 1.38 bits per heavy atom. The molecule has 0 heterocycles. The van der Waals surface area contributed by atoms with Crippen LogP contribution in [0.5, 0.6) is 0 Å². The summed E-state index contributed by atoms with van der Waals surface area (Å²) < 4.78 is 0. The smallest absolute Gasteiger partial charge is 0.0618 e. The van der Waals surface area contributed by atoms with Crippen LogP contribution in [0.3, 0.4) is 0 Å². The lowest BCUT2D eigenvalue weighted by atomic mass is 10.7. The molecular formula is C5H15N3. The number of hydrazine groups is 1. The normalized spacial score (nSPS) is 10.5. The predicted octanol–water partition coefficient (Wildman–Crippen LogP) is -0.380. The van der Waals surface area contributed by atoms with Crippen LogP contribution in [-0.2, 0) is 0 Å². The van der Waals surface area contributed by atoms with Crippen molar-refractivity contribution in [3.63, 3.8) is 0 Å². The summed E-state index contributed by atoms with van der Waals surface area (Å²) in [7, 11) is 3.85. The van der Waals surface area contributed by atoms with E-state index in [1.54, 1.807) is 0 Å². The molecule has 0 aliphatic heterocycles. The Labute approximate surface area is 51.0 Å². The van der Waals surface area contributed by atoms with Crippen molar-refractivity contribution in [3.8, 4) is 0 Å². The molecule has 0 saturated heterocycles. The van der Waals surface area contributed by atoms with E-state index in [1.165, 1.54) is 0 Å². The first-order valence-corrected chi connectivity index (χ1v) is 2.92. The SMILES string of the molecule is CCN(CNC)NC. The van der Waals surface area contributed by atoms with Gasteiger partial charge in [0.15, 0.2) is 0 Å². The molecule has 0 bridgehead atoms. The standard InChI is InChI=1S/C5H15N3/c1-4-8(7-3)5-6-2/h6-7H,4-5H2,1-3H3. The summed E-state index contributed by atoms with van der Waals surface area (Å²) >= 11 is 0. The minimum atomic E-state index is 0.896. The van der Waals surface area contributed by atoms with Crippen molar-refractivity contribution in [3.05, 3.63) is 0 Å². The molecule has 0 aromatic rings. The van der Waals surface area contributed by atoms with Gasteiger partial charge in [0.2, 0.25) is 0 Å². The summed E-state index contributed by atoms with van der Waals surface area (Å²) in [5.74, 6) is 0. The summed E-state index contributed by atoms with van der Waals surface area (Å²) in [6, 6.07) is 0. The Kier molecular flexibility index (Phi) is 4.95. The van der Waals surface area contributed by atoms with Gasteiger partial charge < -0.3 is 5.32 Å². The van der Waals surface area contributed by atoms with Gasteiger partial charge in [-0.3, -0.25) is 5.43 Å². The number of hydrogen-bond donors (Lipinski definition) is 2. The average Bonchev–Trinajstić information content (AvgIpc) is 1.83. The van der Waals surface area contributed by atoms with Gasteiger partial charge in [-0.05, 0) is 14.1 Å². The van der Waals surface area contributed by atoms with E-state index in [-0.39, 0.29) is 0 Å². The maximum Gasteiger partial charge on any atom is 0.0618 e. The molecular weight excluding hydrogens is 102 g/mol. The van der Waals surface area contributed by atoms with E-state index in [1.807, 2.05) is 14.1 Å². The maximum atomic E-state index is 3.03. The van der Waals surface area contributed by atoms with Crippen molar-refractivity contribution in [1.29, 1.82) is 0 Å². The third-order valence-corrected chi connectivity index (χ3v) is 1.05. The van der Waals surface area contributed by atoms with Crippen molar-refractivity contribution >= 4 is 0 Å². The van der Waals surface area contributed by atoms with Gasteiger partial charge >= 0.3 is 0 Å². The summed E-state index contributed by atoms with van der Waals surface area (Å²) in [6.45, 7) is 4.03. The third-order valence-electron chi connectivity index (χ3n) is 1.05. The highest BCUT2D eigenvalue weighted by Crippen LogP contribution is 1.72. The second kappa shape index (κ2) is 5.03. The Morgan fingerprint density at radius 3 is 2.12 bits per heavy atom. The van der Waals surface area contributed by atoms with Crippen LogP contribution in [0.2, 0.25) is 0 Å². The largest absolute Gasteiger partial charge is 0.306 e. The van der Waals surface area contributed by atoms with Crippen LogP contribution in [0.4, 0.5) is 0 Å². The monoisotopic (exact) mass is 117 g/mol. The summed E-state index contributed by atoms with van der Waals surface area (Å²) in [4.78, 5) is 0. The second-order valence-electron chi connectivity index (χ2n) is 1.59. The highest BCUT2D eigenvalue weighted by molar-refractivity contribution is 4.38. The van der Waals surface area contributed by atoms with Gasteiger partial charge in [0.05, 0.1) is 6.67 Å². The Hall–Kier alpha value is -0.120. The van der Waals surface area contributed by atoms with E-state index >= 15 is 0 Å². The minimum Gasteiger partial charge on any atom is -0.306 e. The van der Waals surface area contributed by atoms with E-state index in [9.17, 15) is 0 Å². The molecule has 0 radical (unpaired) electrons. The van der Waals surface area contributed by atoms with E-state index < -0.39 is 0 Å². The lowest BCUT2D eigenvalue weighted by Gasteiger charge is -2.17. The number of rotatable bonds is 4. The number of nitrogens with one attached hydrogen (secondary N) is 2. The summed E-state index contributed by atoms with van der Waals surface area (Å²) in [5, 5.41) is 5.10. The maximum absolute atomic E-state index is 3.03. The number of nitrogens with zero attached hydrogens (tertiary/aromatic N) is 1. The molecule has 3 heteroatoms. The van der Waals surface area contributed by atoms with Crippen molar-refractivity contribution < 1.29 is 0 Å². The van der Waals surface area contributed by atoms with Crippen molar-refractivity contribution in [2.75, 3.05) is 27.3 Å². The van der Waals surface area contributed by atoms with Gasteiger partial charge in [0, 0.05) is 6.54 Å². The highest BCUT2D eigenvalue weighted by atomic mass is 15.5. The topological polar surface area (TPSA) is 27.3 Å². The predicted molar refractivity (Wildman–Crippen MR) is 35.4 cm³/mol. The van der Waals surface area contributed by atoms with Gasteiger partial charge in [-0.1, -0.05) is 6.92 Å². The zero-order valence-electron chi connectivity index (χ0n) is 5.86. The molecule has 0 atom stereocenters. The summed E-state index contributed by atoms with van der Waals surface area (Å²) in [6.07, 6.45) is 0. The molecule has 0 amide bonds. The van der Waals surface area contributed by atoms with Crippen molar-refractivity contribution in [2.24, 2.45) is 0 Å². The first-order valence-electron chi connectivity index (χ1n) is 2.92. The lowest BCUT2D eigenvalue weighted by Crippen LogP contribution is -2.40. The molecule has 0 aliphatic carbocycles. The van der Waals surface area contributed by atoms with Crippen LogP contribution in [0.1, 0.15) is 6.92 Å². The minimum absolute atomic E-state index is 0.896. The summed E-state index contributed by atoms with van der Waals surface area (Å²) in [5.41, 5.74) is 3.02. The molecule has 0 rings (SSSR count). The van der Waals surface area contributed by atoms with E-state index in [4.69, 9.17) is 0 Å². The molecule has 0 spiro atoms. The Bertz CT molecular complexity index is 42.9. The van der Waals surface area contributed by atoms with Gasteiger partial charge in [-0.25, -0.2) is 5.01 Å². The molecule has 0 aromatic heterocycles. The molecule has 3 nitrogen and oxygen atoms in total. The zero-order valence-corrected chi connectivity index (χ0v) is 5.86. The average molecular weight is 117 g/mol. The molecule has 0 saturated carbocycles. The van der Waals surface area contributed by atoms with E-state index in [0.717, 1.165) is 13.2 Å². The van der Waals surface area contributed by atoms with E-state index in [2.05, 4.69) is 22.7 Å². The van der Waals surface area contributed by atoms with Crippen LogP contribution < -0.4 is 10.7 Å². The molecule has 50 valence electrons. The van der Waals surface area contributed by atoms with Crippen molar-refractivity contribution in [1.82, 2.24) is 15.8 Å². The second-order valence-corrected chi connectivity index (χ2v) is 1.59.